The Morgan fingerprint density at radius 1 is 1.10 bits per heavy atom. The van der Waals surface area contributed by atoms with Crippen LogP contribution in [0.4, 0.5) is 4.79 Å². The molecule has 3 amide bonds. The normalized spacial score (nSPS) is 19.2. The molecule has 1 heterocycles. The van der Waals surface area contributed by atoms with Crippen LogP contribution in [-0.4, -0.2) is 63.4 Å². The van der Waals surface area contributed by atoms with E-state index in [0.29, 0.717) is 31.1 Å². The summed E-state index contributed by atoms with van der Waals surface area (Å²) in [6, 6.07) is 4.91. The lowest BCUT2D eigenvalue weighted by Crippen LogP contribution is -3.15. The van der Waals surface area contributed by atoms with Crippen molar-refractivity contribution >= 4 is 22.0 Å². The van der Waals surface area contributed by atoms with Crippen LogP contribution in [0.15, 0.2) is 23.1 Å². The van der Waals surface area contributed by atoms with E-state index in [1.165, 1.54) is 4.31 Å². The van der Waals surface area contributed by atoms with E-state index in [2.05, 4.69) is 10.6 Å². The number of piperazine rings is 1. The lowest BCUT2D eigenvalue weighted by Gasteiger charge is -2.31. The molecule has 1 saturated carbocycles. The number of rotatable bonds is 5. The van der Waals surface area contributed by atoms with Crippen LogP contribution < -0.4 is 15.5 Å². The Balaban J connectivity index is 1.47. The number of hydrogen-bond acceptors (Lipinski definition) is 4. The van der Waals surface area contributed by atoms with E-state index in [-0.39, 0.29) is 18.5 Å². The molecule has 1 aromatic carbocycles. The van der Waals surface area contributed by atoms with Gasteiger partial charge in [0.25, 0.3) is 5.91 Å². The highest BCUT2D eigenvalue weighted by molar-refractivity contribution is 7.89. The van der Waals surface area contributed by atoms with Gasteiger partial charge in [-0.25, -0.2) is 13.2 Å². The molecule has 0 radical (unpaired) electrons. The van der Waals surface area contributed by atoms with Gasteiger partial charge in [0.15, 0.2) is 6.54 Å². The molecule has 0 spiro atoms. The first-order valence-corrected chi connectivity index (χ1v) is 11.7. The Morgan fingerprint density at radius 3 is 2.38 bits per heavy atom. The molecule has 2 aliphatic rings. The lowest BCUT2D eigenvalue weighted by molar-refractivity contribution is -0.895. The summed E-state index contributed by atoms with van der Waals surface area (Å²) in [5.41, 5.74) is 2.00. The van der Waals surface area contributed by atoms with Crippen LogP contribution in [0.3, 0.4) is 0 Å². The van der Waals surface area contributed by atoms with Gasteiger partial charge in [0, 0.05) is 6.04 Å². The molecule has 9 heteroatoms. The summed E-state index contributed by atoms with van der Waals surface area (Å²) in [4.78, 5) is 25.3. The van der Waals surface area contributed by atoms with Crippen LogP contribution in [0.2, 0.25) is 0 Å². The summed E-state index contributed by atoms with van der Waals surface area (Å²) in [6.45, 7) is 5.78. The van der Waals surface area contributed by atoms with Gasteiger partial charge in [-0.1, -0.05) is 18.9 Å². The fourth-order valence-corrected chi connectivity index (χ4v) is 5.46. The molecule has 1 aliphatic heterocycles. The van der Waals surface area contributed by atoms with Gasteiger partial charge in [-0.15, -0.1) is 0 Å². The van der Waals surface area contributed by atoms with Crippen LogP contribution in [0.25, 0.3) is 0 Å². The molecule has 3 rings (SSSR count). The number of carbonyl (C=O) groups is 2. The third-order valence-electron chi connectivity index (χ3n) is 5.90. The zero-order valence-corrected chi connectivity index (χ0v) is 18.0. The number of nitrogens with one attached hydrogen (secondary N) is 3. The van der Waals surface area contributed by atoms with Gasteiger partial charge in [-0.3, -0.25) is 10.1 Å². The Morgan fingerprint density at radius 2 is 1.76 bits per heavy atom. The predicted octanol–water partition coefficient (Wildman–Crippen LogP) is -0.0390. The number of sulfonamides is 1. The van der Waals surface area contributed by atoms with E-state index in [1.807, 2.05) is 19.9 Å². The minimum Gasteiger partial charge on any atom is -0.335 e. The molecular formula is C20H31N4O4S+. The molecule has 0 aromatic heterocycles. The van der Waals surface area contributed by atoms with Gasteiger partial charge in [0.2, 0.25) is 10.0 Å². The molecule has 1 saturated heterocycles. The summed E-state index contributed by atoms with van der Waals surface area (Å²) in [5.74, 6) is -0.332. The fraction of sp³-hybridized carbons (Fsp3) is 0.600. The van der Waals surface area contributed by atoms with Crippen molar-refractivity contribution in [2.75, 3.05) is 32.7 Å². The predicted molar refractivity (Wildman–Crippen MR) is 109 cm³/mol. The quantitative estimate of drug-likeness (QED) is 0.619. The first-order valence-electron chi connectivity index (χ1n) is 10.3. The van der Waals surface area contributed by atoms with Crippen molar-refractivity contribution in [2.24, 2.45) is 0 Å². The summed E-state index contributed by atoms with van der Waals surface area (Å²) in [7, 11) is -3.53. The van der Waals surface area contributed by atoms with Gasteiger partial charge in [-0.05, 0) is 49.9 Å². The van der Waals surface area contributed by atoms with Gasteiger partial charge in [-0.2, -0.15) is 4.31 Å². The van der Waals surface area contributed by atoms with E-state index in [1.54, 1.807) is 12.1 Å². The summed E-state index contributed by atoms with van der Waals surface area (Å²) in [5, 5.41) is 5.22. The van der Waals surface area contributed by atoms with Gasteiger partial charge in [0.05, 0.1) is 31.1 Å². The maximum absolute atomic E-state index is 12.9. The number of carbonyl (C=O) groups excluding carboxylic acids is 2. The number of benzene rings is 1. The highest BCUT2D eigenvalue weighted by Crippen LogP contribution is 2.19. The molecule has 0 atom stereocenters. The maximum Gasteiger partial charge on any atom is 0.321 e. The van der Waals surface area contributed by atoms with E-state index < -0.39 is 16.1 Å². The fourth-order valence-electron chi connectivity index (χ4n) is 3.93. The van der Waals surface area contributed by atoms with Crippen molar-refractivity contribution in [3.05, 3.63) is 29.3 Å². The second-order valence-corrected chi connectivity index (χ2v) is 10.0. The Kier molecular flexibility index (Phi) is 6.92. The molecular weight excluding hydrogens is 392 g/mol. The van der Waals surface area contributed by atoms with Crippen molar-refractivity contribution in [3.8, 4) is 0 Å². The minimum atomic E-state index is -3.53. The number of amides is 3. The smallest absolute Gasteiger partial charge is 0.321 e. The number of nitrogens with zero attached hydrogens (tertiary/aromatic N) is 1. The highest BCUT2D eigenvalue weighted by atomic mass is 32.2. The molecule has 29 heavy (non-hydrogen) atoms. The average molecular weight is 424 g/mol. The Bertz CT molecular complexity index is 857. The number of urea groups is 1. The first kappa shape index (κ1) is 21.7. The van der Waals surface area contributed by atoms with E-state index in [0.717, 1.165) is 41.7 Å². The monoisotopic (exact) mass is 423 g/mol. The minimum absolute atomic E-state index is 0.161. The standard InChI is InChI=1S/C20H30N4O4S/c1-15-7-8-18(13-16(15)2)29(27,28)24-11-9-23(10-12-24)14-19(25)22-20(26)21-17-5-3-4-6-17/h7-8,13,17H,3-6,9-12,14H2,1-2H3,(H2,21,22,25,26)/p+1. The summed E-state index contributed by atoms with van der Waals surface area (Å²) in [6.07, 6.45) is 4.14. The Hall–Kier alpha value is -1.97. The van der Waals surface area contributed by atoms with Crippen molar-refractivity contribution in [1.29, 1.82) is 0 Å². The third-order valence-corrected chi connectivity index (χ3v) is 7.79. The summed E-state index contributed by atoms with van der Waals surface area (Å²) < 4.78 is 27.2. The molecule has 1 aromatic rings. The molecule has 0 bridgehead atoms. The van der Waals surface area contributed by atoms with Crippen molar-refractivity contribution in [3.63, 3.8) is 0 Å². The van der Waals surface area contributed by atoms with Crippen LogP contribution in [-0.2, 0) is 14.8 Å². The van der Waals surface area contributed by atoms with E-state index in [4.69, 9.17) is 0 Å². The van der Waals surface area contributed by atoms with Crippen LogP contribution in [0.5, 0.6) is 0 Å². The van der Waals surface area contributed by atoms with Crippen LogP contribution >= 0.6 is 0 Å². The largest absolute Gasteiger partial charge is 0.335 e. The molecule has 8 nitrogen and oxygen atoms in total. The van der Waals surface area contributed by atoms with E-state index >= 15 is 0 Å². The summed E-state index contributed by atoms with van der Waals surface area (Å²) >= 11 is 0. The van der Waals surface area contributed by atoms with Gasteiger partial charge in [0.1, 0.15) is 0 Å². The topological polar surface area (TPSA) is 100 Å². The van der Waals surface area contributed by atoms with E-state index in [9.17, 15) is 18.0 Å². The SMILES string of the molecule is Cc1ccc(S(=O)(=O)N2CC[NH+](CC(=O)NC(=O)NC3CCCC3)CC2)cc1C. The highest BCUT2D eigenvalue weighted by Gasteiger charge is 2.31. The van der Waals surface area contributed by atoms with Crippen molar-refractivity contribution in [2.45, 2.75) is 50.5 Å². The van der Waals surface area contributed by atoms with Crippen molar-refractivity contribution in [1.82, 2.24) is 14.9 Å². The van der Waals surface area contributed by atoms with Crippen molar-refractivity contribution < 1.29 is 22.9 Å². The van der Waals surface area contributed by atoms with Gasteiger partial charge < -0.3 is 10.2 Å². The zero-order valence-electron chi connectivity index (χ0n) is 17.2. The lowest BCUT2D eigenvalue weighted by atomic mass is 10.1. The number of aryl methyl sites for hydroxylation is 2. The number of imide groups is 1. The zero-order chi connectivity index (χ0) is 21.0. The second kappa shape index (κ2) is 9.23. The molecule has 1 aliphatic carbocycles. The average Bonchev–Trinajstić information content (AvgIpc) is 3.17. The van der Waals surface area contributed by atoms with Gasteiger partial charge >= 0.3 is 6.03 Å². The second-order valence-electron chi connectivity index (χ2n) is 8.08. The van der Waals surface area contributed by atoms with Crippen LogP contribution in [0.1, 0.15) is 36.8 Å². The first-order chi connectivity index (χ1) is 13.8. The molecule has 3 N–H and O–H groups in total. The molecule has 0 unspecified atom stereocenters. The Labute approximate surface area is 172 Å². The third kappa shape index (κ3) is 5.55. The molecule has 2 fully saturated rings. The maximum atomic E-state index is 12.9. The molecule has 160 valence electrons. The van der Waals surface area contributed by atoms with Crippen LogP contribution in [0, 0.1) is 13.8 Å². The number of quaternary nitrogens is 1. The number of hydrogen-bond donors (Lipinski definition) is 3.